The molecule has 154 valence electrons. The first-order valence-corrected chi connectivity index (χ1v) is 9.96. The van der Waals surface area contributed by atoms with Crippen LogP contribution in [-0.4, -0.2) is 26.2 Å². The first-order valence-electron chi connectivity index (χ1n) is 9.96. The molecule has 0 radical (unpaired) electrons. The number of allylic oxidation sites excluding steroid dienone is 1. The van der Waals surface area contributed by atoms with Gasteiger partial charge in [0, 0.05) is 34.6 Å². The molecule has 0 aliphatic rings. The van der Waals surface area contributed by atoms with Crippen LogP contribution in [0.15, 0.2) is 83.8 Å². The van der Waals surface area contributed by atoms with E-state index in [0.29, 0.717) is 22.6 Å². The molecular weight excluding hydrogens is 400 g/mol. The van der Waals surface area contributed by atoms with Crippen LogP contribution in [0, 0.1) is 5.41 Å². The molecule has 0 aliphatic carbocycles. The van der Waals surface area contributed by atoms with E-state index in [-0.39, 0.29) is 16.8 Å². The lowest BCUT2D eigenvalue weighted by molar-refractivity contribution is 1.18. The van der Waals surface area contributed by atoms with Gasteiger partial charge in [-0.15, -0.1) is 0 Å². The molecule has 0 fully saturated rings. The van der Waals surface area contributed by atoms with Gasteiger partial charge in [-0.1, -0.05) is 42.5 Å². The predicted octanol–water partition coefficient (Wildman–Crippen LogP) is 4.15. The second kappa shape index (κ2) is 7.88. The van der Waals surface area contributed by atoms with E-state index in [9.17, 15) is 4.79 Å². The Balaban J connectivity index is 1.81. The molecule has 7 nitrogen and oxygen atoms in total. The minimum absolute atomic E-state index is 0.190. The van der Waals surface area contributed by atoms with E-state index >= 15 is 0 Å². The minimum atomic E-state index is -0.383. The first-order chi connectivity index (χ1) is 15.6. The van der Waals surface area contributed by atoms with Crippen molar-refractivity contribution in [2.75, 3.05) is 0 Å². The number of hydrogen-bond acceptors (Lipinski definition) is 6. The maximum atomic E-state index is 12.6. The van der Waals surface area contributed by atoms with Crippen molar-refractivity contribution in [3.8, 4) is 22.5 Å². The number of pyridine rings is 2. The highest BCUT2D eigenvalue weighted by molar-refractivity contribution is 5.90. The van der Waals surface area contributed by atoms with E-state index < -0.39 is 0 Å². The predicted molar refractivity (Wildman–Crippen MR) is 127 cm³/mol. The number of hydrogen-bond donors (Lipinski definition) is 3. The number of nitrogens with one attached hydrogen (secondary N) is 2. The number of H-pyrrole nitrogens is 1. The molecule has 5 rings (SSSR count). The fraction of sp³-hybridized carbons (Fsp3) is 0. The van der Waals surface area contributed by atoms with Gasteiger partial charge in [0.2, 0.25) is 0 Å². The van der Waals surface area contributed by atoms with Crippen LogP contribution in [0.3, 0.4) is 0 Å². The summed E-state index contributed by atoms with van der Waals surface area (Å²) in [4.78, 5) is 29.4. The molecule has 0 saturated carbocycles. The van der Waals surface area contributed by atoms with Gasteiger partial charge in [-0.2, -0.15) is 0 Å². The Labute approximate surface area is 182 Å². The van der Waals surface area contributed by atoms with E-state index in [0.717, 1.165) is 28.2 Å². The van der Waals surface area contributed by atoms with Crippen molar-refractivity contribution in [2.45, 2.75) is 0 Å². The summed E-state index contributed by atoms with van der Waals surface area (Å²) in [5, 5.41) is 8.22. The van der Waals surface area contributed by atoms with Gasteiger partial charge >= 0.3 is 0 Å². The van der Waals surface area contributed by atoms with Gasteiger partial charge in [0.05, 0.1) is 22.5 Å². The van der Waals surface area contributed by atoms with E-state index in [4.69, 9.17) is 21.1 Å². The molecule has 4 N–H and O–H groups in total. The normalized spacial score (nSPS) is 11.7. The summed E-state index contributed by atoms with van der Waals surface area (Å²) < 4.78 is 0. The largest absolute Gasteiger partial charge is 0.398 e. The second-order valence-electron chi connectivity index (χ2n) is 7.23. The van der Waals surface area contributed by atoms with Crippen molar-refractivity contribution in [3.05, 3.63) is 94.9 Å². The lowest BCUT2D eigenvalue weighted by Gasteiger charge is -2.12. The molecule has 3 aromatic heterocycles. The highest BCUT2D eigenvalue weighted by atomic mass is 16.1. The Morgan fingerprint density at radius 3 is 2.53 bits per heavy atom. The Kier molecular flexibility index (Phi) is 4.76. The van der Waals surface area contributed by atoms with E-state index in [1.54, 1.807) is 12.3 Å². The van der Waals surface area contributed by atoms with Crippen LogP contribution < -0.4 is 11.3 Å². The van der Waals surface area contributed by atoms with Crippen LogP contribution in [0.5, 0.6) is 0 Å². The highest BCUT2D eigenvalue weighted by Gasteiger charge is 2.16. The number of nitrogens with two attached hydrogens (primary N) is 1. The quantitative estimate of drug-likeness (QED) is 0.379. The molecule has 0 bridgehead atoms. The third kappa shape index (κ3) is 3.41. The molecule has 7 heteroatoms. The summed E-state index contributed by atoms with van der Waals surface area (Å²) in [6.07, 6.45) is 4.16. The number of rotatable bonds is 4. The lowest BCUT2D eigenvalue weighted by atomic mass is 10.0. The second-order valence-corrected chi connectivity index (χ2v) is 7.23. The molecule has 0 spiro atoms. The van der Waals surface area contributed by atoms with Gasteiger partial charge in [0.15, 0.2) is 5.65 Å². The third-order valence-electron chi connectivity index (χ3n) is 5.18. The maximum Gasteiger partial charge on any atom is 0.259 e. The summed E-state index contributed by atoms with van der Waals surface area (Å²) in [5.41, 5.74) is 10.9. The maximum absolute atomic E-state index is 12.6. The highest BCUT2D eigenvalue weighted by Crippen LogP contribution is 2.32. The van der Waals surface area contributed by atoms with Crippen molar-refractivity contribution < 1.29 is 0 Å². The zero-order chi connectivity index (χ0) is 22.1. The van der Waals surface area contributed by atoms with Crippen LogP contribution in [0.1, 0.15) is 5.56 Å². The Morgan fingerprint density at radius 1 is 0.906 bits per heavy atom. The van der Waals surface area contributed by atoms with Crippen LogP contribution in [0.4, 0.5) is 0 Å². The molecule has 0 saturated heterocycles. The third-order valence-corrected chi connectivity index (χ3v) is 5.18. The molecule has 0 amide bonds. The molecule has 2 aromatic carbocycles. The van der Waals surface area contributed by atoms with Crippen LogP contribution in [-0.2, 0) is 0 Å². The molecule has 0 aliphatic heterocycles. The van der Waals surface area contributed by atoms with Crippen molar-refractivity contribution in [1.82, 2.24) is 19.9 Å². The van der Waals surface area contributed by atoms with Gasteiger partial charge in [-0.3, -0.25) is 9.78 Å². The molecule has 32 heavy (non-hydrogen) atoms. The first kappa shape index (κ1) is 19.3. The summed E-state index contributed by atoms with van der Waals surface area (Å²) in [5.74, 6) is 0. The van der Waals surface area contributed by atoms with Crippen molar-refractivity contribution in [1.29, 1.82) is 5.41 Å². The number of aromatic amines is 1. The summed E-state index contributed by atoms with van der Waals surface area (Å²) >= 11 is 0. The van der Waals surface area contributed by atoms with Gasteiger partial charge in [-0.05, 0) is 30.3 Å². The monoisotopic (exact) mass is 418 g/mol. The number of benzene rings is 2. The standard InChI is InChI=1S/C25H18N6O/c26-11-10-19(27)18-14-21-24(31-25(18)32)30-22(15-5-2-1-3-6-15)23(29-21)17-8-9-20-16(13-17)7-4-12-28-20/h1-14,26H,27H2,(H,30,31,32)/b19-10-,26-11?. The Bertz CT molecular complexity index is 1570. The Morgan fingerprint density at radius 2 is 1.72 bits per heavy atom. The minimum Gasteiger partial charge on any atom is -0.398 e. The molecule has 5 aromatic rings. The van der Waals surface area contributed by atoms with Gasteiger partial charge in [0.1, 0.15) is 5.52 Å². The smallest absolute Gasteiger partial charge is 0.259 e. The van der Waals surface area contributed by atoms with Gasteiger partial charge < -0.3 is 16.1 Å². The van der Waals surface area contributed by atoms with Crippen LogP contribution in [0.2, 0.25) is 0 Å². The van der Waals surface area contributed by atoms with Crippen LogP contribution >= 0.6 is 0 Å². The molecular formula is C25H18N6O. The van der Waals surface area contributed by atoms with Crippen LogP contribution in [0.25, 0.3) is 50.3 Å². The molecule has 0 unspecified atom stereocenters. The summed E-state index contributed by atoms with van der Waals surface area (Å²) in [7, 11) is 0. The number of aromatic nitrogens is 4. The fourth-order valence-electron chi connectivity index (χ4n) is 3.63. The summed E-state index contributed by atoms with van der Waals surface area (Å²) in [6, 6.07) is 21.2. The zero-order valence-corrected chi connectivity index (χ0v) is 16.9. The molecule has 0 atom stereocenters. The van der Waals surface area contributed by atoms with Gasteiger partial charge in [0.25, 0.3) is 5.56 Å². The van der Waals surface area contributed by atoms with E-state index in [1.807, 2.05) is 60.7 Å². The average molecular weight is 418 g/mol. The topological polar surface area (TPSA) is 121 Å². The lowest BCUT2D eigenvalue weighted by Crippen LogP contribution is -2.16. The molecule has 3 heterocycles. The fourth-order valence-corrected chi connectivity index (χ4v) is 3.63. The van der Waals surface area contributed by atoms with Crippen molar-refractivity contribution in [3.63, 3.8) is 0 Å². The van der Waals surface area contributed by atoms with Gasteiger partial charge in [-0.25, -0.2) is 9.97 Å². The average Bonchev–Trinajstić information content (AvgIpc) is 2.83. The van der Waals surface area contributed by atoms with Crippen molar-refractivity contribution in [2.24, 2.45) is 5.73 Å². The van der Waals surface area contributed by atoms with Crippen molar-refractivity contribution >= 4 is 34.0 Å². The zero-order valence-electron chi connectivity index (χ0n) is 16.9. The SMILES string of the molecule is N=C/C=C(\N)c1cc2nc(-c3ccc4ncccc4c3)c(-c3ccccc3)nc2[nH]c1=O. The van der Waals surface area contributed by atoms with E-state index in [2.05, 4.69) is 9.97 Å². The number of nitrogens with zero attached hydrogens (tertiary/aromatic N) is 3. The Hall–Kier alpha value is -4.65. The number of fused-ring (bicyclic) bond motifs is 2. The summed E-state index contributed by atoms with van der Waals surface area (Å²) in [6.45, 7) is 0. The van der Waals surface area contributed by atoms with E-state index in [1.165, 1.54) is 6.08 Å².